The van der Waals surface area contributed by atoms with E-state index in [1.807, 2.05) is 36.4 Å². The smallest absolute Gasteiger partial charge is 0.188 e. The van der Waals surface area contributed by atoms with E-state index in [2.05, 4.69) is 12.1 Å². The maximum Gasteiger partial charge on any atom is 0.188 e. The third-order valence-electron chi connectivity index (χ3n) is 3.49. The quantitative estimate of drug-likeness (QED) is 0.726. The molecule has 1 aromatic heterocycles. The monoisotopic (exact) mass is 296 g/mol. The van der Waals surface area contributed by atoms with Gasteiger partial charge in [0.05, 0.1) is 7.11 Å². The topological polar surface area (TPSA) is 26.3 Å². The predicted molar refractivity (Wildman–Crippen MR) is 88.5 cm³/mol. The summed E-state index contributed by atoms with van der Waals surface area (Å²) >= 11 is 1.68. The van der Waals surface area contributed by atoms with E-state index in [0.717, 1.165) is 33.6 Å². The molecule has 0 N–H and O–H groups in total. The summed E-state index contributed by atoms with van der Waals surface area (Å²) < 4.78 is 6.20. The van der Waals surface area contributed by atoms with Crippen LogP contribution in [-0.2, 0) is 12.8 Å². The molecule has 106 valence electrons. The molecule has 2 nitrogen and oxygen atoms in total. The third kappa shape index (κ3) is 3.14. The van der Waals surface area contributed by atoms with Gasteiger partial charge in [0, 0.05) is 15.0 Å². The van der Waals surface area contributed by atoms with Gasteiger partial charge in [0.1, 0.15) is 5.75 Å². The summed E-state index contributed by atoms with van der Waals surface area (Å²) in [6, 6.07) is 17.8. The molecule has 1 heterocycles. The van der Waals surface area contributed by atoms with Crippen LogP contribution in [0.25, 0.3) is 10.1 Å². The Kier molecular flexibility index (Phi) is 4.02. The minimum atomic E-state index is 0.0747. The normalized spacial score (nSPS) is 10.7. The maximum atomic E-state index is 12.2. The number of hydrogen-bond acceptors (Lipinski definition) is 3. The first-order valence-corrected chi connectivity index (χ1v) is 7.72. The lowest BCUT2D eigenvalue weighted by atomic mass is 10.1. The minimum absolute atomic E-state index is 0.0747. The van der Waals surface area contributed by atoms with Crippen molar-refractivity contribution in [3.63, 3.8) is 0 Å². The Balaban J connectivity index is 1.88. The van der Waals surface area contributed by atoms with Gasteiger partial charge in [0.25, 0.3) is 0 Å². The Morgan fingerprint density at radius 2 is 1.81 bits per heavy atom. The summed E-state index contributed by atoms with van der Waals surface area (Å²) in [5.74, 6) is 0.726. The summed E-state index contributed by atoms with van der Waals surface area (Å²) in [4.78, 5) is 13.4. The fraction of sp³-hybridized carbons (Fsp3) is 0.167. The van der Waals surface area contributed by atoms with Crippen LogP contribution in [0.2, 0.25) is 0 Å². The second kappa shape index (κ2) is 6.10. The largest absolute Gasteiger partial charge is 0.497 e. The van der Waals surface area contributed by atoms with Crippen LogP contribution in [0.15, 0.2) is 59.4 Å². The third-order valence-corrected chi connectivity index (χ3v) is 4.65. The molecule has 0 amide bonds. The highest BCUT2D eigenvalue weighted by Crippen LogP contribution is 2.24. The van der Waals surface area contributed by atoms with Crippen LogP contribution in [0, 0.1) is 0 Å². The Morgan fingerprint density at radius 1 is 1.00 bits per heavy atom. The van der Waals surface area contributed by atoms with Gasteiger partial charge in [0.2, 0.25) is 0 Å². The van der Waals surface area contributed by atoms with Crippen molar-refractivity contribution in [3.8, 4) is 5.75 Å². The molecule has 0 radical (unpaired) electrons. The van der Waals surface area contributed by atoms with Crippen LogP contribution in [0.4, 0.5) is 0 Å². The van der Waals surface area contributed by atoms with Gasteiger partial charge in [-0.25, -0.2) is 0 Å². The molecular formula is C18H16O2S. The first kappa shape index (κ1) is 13.8. The molecule has 0 unspecified atom stereocenters. The molecular weight excluding hydrogens is 280 g/mol. The van der Waals surface area contributed by atoms with Crippen molar-refractivity contribution in [3.05, 3.63) is 75.3 Å². The van der Waals surface area contributed by atoms with Gasteiger partial charge in [-0.2, -0.15) is 0 Å². The predicted octanol–water partition coefficient (Wildman–Crippen LogP) is 4.06. The summed E-state index contributed by atoms with van der Waals surface area (Å²) in [7, 11) is 1.61. The van der Waals surface area contributed by atoms with Crippen molar-refractivity contribution < 1.29 is 4.74 Å². The van der Waals surface area contributed by atoms with Gasteiger partial charge in [-0.3, -0.25) is 4.79 Å². The zero-order valence-corrected chi connectivity index (χ0v) is 12.7. The van der Waals surface area contributed by atoms with Crippen molar-refractivity contribution in [1.29, 1.82) is 0 Å². The lowest BCUT2D eigenvalue weighted by Crippen LogP contribution is -2.02. The number of ether oxygens (including phenoxy) is 1. The molecule has 3 aromatic rings. The van der Waals surface area contributed by atoms with Crippen molar-refractivity contribution in [2.24, 2.45) is 0 Å². The number of benzene rings is 2. The molecule has 0 bridgehead atoms. The van der Waals surface area contributed by atoms with Gasteiger partial charge in [-0.1, -0.05) is 30.3 Å². The molecule has 0 spiro atoms. The molecule has 0 fully saturated rings. The first-order valence-electron chi connectivity index (χ1n) is 6.91. The number of fused-ring (bicyclic) bond motifs is 1. The average Bonchev–Trinajstić information content (AvgIpc) is 2.54. The highest BCUT2D eigenvalue weighted by molar-refractivity contribution is 7.18. The van der Waals surface area contributed by atoms with E-state index in [9.17, 15) is 4.79 Å². The number of methoxy groups -OCH3 is 1. The summed E-state index contributed by atoms with van der Waals surface area (Å²) in [5.41, 5.74) is 1.37. The van der Waals surface area contributed by atoms with E-state index >= 15 is 0 Å². The van der Waals surface area contributed by atoms with Crippen LogP contribution < -0.4 is 10.2 Å². The van der Waals surface area contributed by atoms with Crippen LogP contribution in [0.1, 0.15) is 10.4 Å². The molecule has 0 aliphatic carbocycles. The van der Waals surface area contributed by atoms with Gasteiger partial charge >= 0.3 is 0 Å². The Morgan fingerprint density at radius 3 is 2.57 bits per heavy atom. The highest BCUT2D eigenvalue weighted by Gasteiger charge is 2.05. The SMILES string of the molecule is COc1ccc2sc(CCc3ccccc3)cc(=O)c2c1. The Labute approximate surface area is 127 Å². The molecule has 0 saturated heterocycles. The lowest BCUT2D eigenvalue weighted by molar-refractivity contribution is 0.415. The van der Waals surface area contributed by atoms with Crippen molar-refractivity contribution in [2.75, 3.05) is 7.11 Å². The summed E-state index contributed by atoms with van der Waals surface area (Å²) in [6.45, 7) is 0. The summed E-state index contributed by atoms with van der Waals surface area (Å²) in [6.07, 6.45) is 1.85. The zero-order valence-electron chi connectivity index (χ0n) is 11.8. The number of aryl methyl sites for hydroxylation is 2. The van der Waals surface area contributed by atoms with Crippen LogP contribution in [-0.4, -0.2) is 7.11 Å². The molecule has 0 atom stereocenters. The molecule has 0 saturated carbocycles. The molecule has 3 heteroatoms. The fourth-order valence-corrected chi connectivity index (χ4v) is 3.41. The second-order valence-corrected chi connectivity index (χ2v) is 6.09. The van der Waals surface area contributed by atoms with Crippen LogP contribution in [0.3, 0.4) is 0 Å². The van der Waals surface area contributed by atoms with E-state index < -0.39 is 0 Å². The Hall–Kier alpha value is -2.13. The standard InChI is InChI=1S/C18H16O2S/c1-20-14-8-10-18-16(11-14)17(19)12-15(21-18)9-7-13-5-3-2-4-6-13/h2-6,8,10-12H,7,9H2,1H3. The van der Waals surface area contributed by atoms with Crippen LogP contribution in [0.5, 0.6) is 5.75 Å². The van der Waals surface area contributed by atoms with E-state index in [1.165, 1.54) is 5.56 Å². The van der Waals surface area contributed by atoms with Gasteiger partial charge in [0.15, 0.2) is 5.43 Å². The molecule has 2 aromatic carbocycles. The van der Waals surface area contributed by atoms with Crippen molar-refractivity contribution >= 4 is 21.4 Å². The Bertz CT molecular complexity index is 806. The van der Waals surface area contributed by atoms with Gasteiger partial charge in [-0.05, 0) is 42.7 Å². The van der Waals surface area contributed by atoms with Crippen molar-refractivity contribution in [2.45, 2.75) is 12.8 Å². The molecule has 0 aliphatic rings. The zero-order chi connectivity index (χ0) is 14.7. The van der Waals surface area contributed by atoms with E-state index in [-0.39, 0.29) is 5.43 Å². The fourth-order valence-electron chi connectivity index (χ4n) is 2.35. The van der Waals surface area contributed by atoms with Gasteiger partial charge < -0.3 is 4.74 Å². The first-order chi connectivity index (χ1) is 10.3. The van der Waals surface area contributed by atoms with Crippen molar-refractivity contribution in [1.82, 2.24) is 0 Å². The lowest BCUT2D eigenvalue weighted by Gasteiger charge is -2.05. The maximum absolute atomic E-state index is 12.2. The molecule has 0 aliphatic heterocycles. The van der Waals surface area contributed by atoms with Crippen LogP contribution >= 0.6 is 11.3 Å². The number of hydrogen-bond donors (Lipinski definition) is 0. The molecule has 3 rings (SSSR count). The van der Waals surface area contributed by atoms with E-state index in [4.69, 9.17) is 4.74 Å². The molecule has 21 heavy (non-hydrogen) atoms. The minimum Gasteiger partial charge on any atom is -0.497 e. The summed E-state index contributed by atoms with van der Waals surface area (Å²) in [5, 5.41) is 0.739. The second-order valence-electron chi connectivity index (χ2n) is 4.92. The van der Waals surface area contributed by atoms with E-state index in [0.29, 0.717) is 0 Å². The highest BCUT2D eigenvalue weighted by atomic mass is 32.1. The van der Waals surface area contributed by atoms with E-state index in [1.54, 1.807) is 24.5 Å². The van der Waals surface area contributed by atoms with Gasteiger partial charge in [-0.15, -0.1) is 11.3 Å². The average molecular weight is 296 g/mol. The number of rotatable bonds is 4.